The Labute approximate surface area is 169 Å². The third-order valence-corrected chi connectivity index (χ3v) is 5.51. The smallest absolute Gasteiger partial charge is 0.457 e. The third-order valence-electron chi connectivity index (χ3n) is 4.05. The van der Waals surface area contributed by atoms with Gasteiger partial charge in [0.1, 0.15) is 18.3 Å². The highest BCUT2D eigenvalue weighted by Gasteiger charge is 2.53. The molecule has 2 rings (SSSR count). The van der Waals surface area contributed by atoms with Gasteiger partial charge in [0.2, 0.25) is 0 Å². The van der Waals surface area contributed by atoms with Gasteiger partial charge in [-0.05, 0) is 13.8 Å². The van der Waals surface area contributed by atoms with E-state index in [2.05, 4.69) is 0 Å². The number of carbonyl (C=O) groups is 1. The zero-order valence-corrected chi connectivity index (χ0v) is 17.5. The molecule has 4 atom stereocenters. The molecule has 0 unspecified atom stereocenters. The van der Waals surface area contributed by atoms with Crippen molar-refractivity contribution in [1.29, 1.82) is 10.5 Å². The highest BCUT2D eigenvalue weighted by Crippen LogP contribution is 2.50. The molecule has 2 aliphatic rings. The molecule has 0 saturated carbocycles. The normalized spacial score (nSPS) is 28.2. The summed E-state index contributed by atoms with van der Waals surface area (Å²) < 4.78 is 50.9. The third kappa shape index (κ3) is 7.02. The van der Waals surface area contributed by atoms with E-state index in [1.807, 2.05) is 12.1 Å². The number of esters is 1. The van der Waals surface area contributed by atoms with Crippen molar-refractivity contribution < 1.29 is 41.9 Å². The fraction of sp³-hybridized carbons (Fsp3) is 0.824. The lowest BCUT2D eigenvalue weighted by molar-refractivity contribution is -0.300. The summed E-state index contributed by atoms with van der Waals surface area (Å²) >= 11 is 0. The molecule has 11 nitrogen and oxygen atoms in total. The second kappa shape index (κ2) is 10.5. The first kappa shape index (κ1) is 23.7. The van der Waals surface area contributed by atoms with Crippen molar-refractivity contribution in [3.05, 3.63) is 0 Å². The van der Waals surface area contributed by atoms with Gasteiger partial charge >= 0.3 is 13.8 Å². The summed E-state index contributed by atoms with van der Waals surface area (Å²) in [6.07, 6.45) is -2.75. The van der Waals surface area contributed by atoms with Gasteiger partial charge in [-0.15, -0.1) is 0 Å². The molecule has 2 saturated heterocycles. The van der Waals surface area contributed by atoms with E-state index < -0.39 is 44.0 Å². The lowest BCUT2D eigenvalue weighted by atomic mass is 10.1. The summed E-state index contributed by atoms with van der Waals surface area (Å²) in [6, 6.07) is 3.71. The highest BCUT2D eigenvalue weighted by molar-refractivity contribution is 7.48. The van der Waals surface area contributed by atoms with Gasteiger partial charge in [-0.3, -0.25) is 18.4 Å². The van der Waals surface area contributed by atoms with Crippen molar-refractivity contribution in [2.24, 2.45) is 0 Å². The van der Waals surface area contributed by atoms with E-state index >= 15 is 0 Å². The maximum absolute atomic E-state index is 12.8. The second-order valence-electron chi connectivity index (χ2n) is 6.81. The summed E-state index contributed by atoms with van der Waals surface area (Å²) in [7, 11) is -4.05. The van der Waals surface area contributed by atoms with Crippen molar-refractivity contribution in [2.75, 3.05) is 26.4 Å². The Kier molecular flexibility index (Phi) is 8.56. The SMILES string of the molecule is CC(=O)O[C@H]1[C@@H]2OC(C)(C)OC[C@@H]2O[C@@H]1COP(=O)(OCCC#N)OCCC#N. The molecule has 2 heterocycles. The van der Waals surface area contributed by atoms with Crippen LogP contribution in [-0.2, 0) is 41.9 Å². The predicted molar refractivity (Wildman–Crippen MR) is 95.0 cm³/mol. The molecular formula is C17H25N2O9P. The Morgan fingerprint density at radius 3 is 2.34 bits per heavy atom. The van der Waals surface area contributed by atoms with E-state index in [9.17, 15) is 9.36 Å². The molecule has 0 aromatic heterocycles. The number of ether oxygens (including phenoxy) is 4. The molecule has 0 spiro atoms. The zero-order valence-electron chi connectivity index (χ0n) is 16.6. The molecule has 0 amide bonds. The van der Waals surface area contributed by atoms with Crippen LogP contribution >= 0.6 is 7.82 Å². The Bertz CT molecular complexity index is 678. The Balaban J connectivity index is 2.05. The standard InChI is InChI=1S/C17H25N2O9P/c1-12(20)26-15-14(27-13-10-22-17(2,3)28-16(13)15)11-25-29(21,23-8-4-6-18)24-9-5-7-19/h13-16H,4-5,8-11H2,1-3H3/t13-,14+,15+,16+/m0/s1. The molecule has 0 radical (unpaired) electrons. The minimum absolute atomic E-state index is 0.0185. The van der Waals surface area contributed by atoms with E-state index in [1.54, 1.807) is 13.8 Å². The summed E-state index contributed by atoms with van der Waals surface area (Å²) in [5.74, 6) is -1.41. The van der Waals surface area contributed by atoms with E-state index in [0.717, 1.165) is 0 Å². The molecule has 2 fully saturated rings. The molecule has 2 aliphatic heterocycles. The van der Waals surface area contributed by atoms with Gasteiger partial charge in [-0.1, -0.05) is 0 Å². The van der Waals surface area contributed by atoms with Gasteiger partial charge in [-0.25, -0.2) is 4.57 Å². The monoisotopic (exact) mass is 432 g/mol. The van der Waals surface area contributed by atoms with Crippen LogP contribution in [0.1, 0.15) is 33.6 Å². The molecule has 29 heavy (non-hydrogen) atoms. The number of hydrogen-bond donors (Lipinski definition) is 0. The minimum Gasteiger partial charge on any atom is -0.457 e. The fourth-order valence-electron chi connectivity index (χ4n) is 2.88. The minimum atomic E-state index is -4.05. The second-order valence-corrected chi connectivity index (χ2v) is 8.48. The number of phosphoric ester groups is 1. The highest BCUT2D eigenvalue weighted by atomic mass is 31.2. The van der Waals surface area contributed by atoms with Crippen LogP contribution in [0.4, 0.5) is 0 Å². The fourth-order valence-corrected chi connectivity index (χ4v) is 4.06. The van der Waals surface area contributed by atoms with Crippen LogP contribution < -0.4 is 0 Å². The summed E-state index contributed by atoms with van der Waals surface area (Å²) in [5, 5.41) is 17.2. The van der Waals surface area contributed by atoms with Crippen molar-refractivity contribution in [2.45, 2.75) is 63.8 Å². The number of nitrogens with zero attached hydrogens (tertiary/aromatic N) is 2. The molecule has 0 aromatic rings. The summed E-state index contributed by atoms with van der Waals surface area (Å²) in [4.78, 5) is 11.6. The lowest BCUT2D eigenvalue weighted by Gasteiger charge is -2.38. The molecule has 12 heteroatoms. The lowest BCUT2D eigenvalue weighted by Crippen LogP contribution is -2.51. The number of phosphoric acid groups is 1. The van der Waals surface area contributed by atoms with Gasteiger partial charge < -0.3 is 18.9 Å². The van der Waals surface area contributed by atoms with Crippen LogP contribution in [0.3, 0.4) is 0 Å². The Hall–Kier alpha value is -1.56. The molecule has 0 aliphatic carbocycles. The average Bonchev–Trinajstić information content (AvgIpc) is 2.96. The Morgan fingerprint density at radius 1 is 1.17 bits per heavy atom. The first-order valence-corrected chi connectivity index (χ1v) is 10.6. The van der Waals surface area contributed by atoms with Crippen LogP contribution in [-0.4, -0.2) is 62.6 Å². The van der Waals surface area contributed by atoms with Crippen LogP contribution in [0.5, 0.6) is 0 Å². The molecular weight excluding hydrogens is 407 g/mol. The first-order chi connectivity index (χ1) is 13.7. The summed E-state index contributed by atoms with van der Waals surface area (Å²) in [6.45, 7) is 4.32. The average molecular weight is 432 g/mol. The van der Waals surface area contributed by atoms with Crippen molar-refractivity contribution in [3.8, 4) is 12.1 Å². The van der Waals surface area contributed by atoms with E-state index in [4.69, 9.17) is 43.0 Å². The summed E-state index contributed by atoms with van der Waals surface area (Å²) in [5.41, 5.74) is 0. The van der Waals surface area contributed by atoms with Gasteiger partial charge in [0.15, 0.2) is 11.9 Å². The van der Waals surface area contributed by atoms with E-state index in [-0.39, 0.29) is 39.3 Å². The van der Waals surface area contributed by atoms with Crippen LogP contribution in [0.15, 0.2) is 0 Å². The van der Waals surface area contributed by atoms with E-state index in [0.29, 0.717) is 0 Å². The number of hydrogen-bond acceptors (Lipinski definition) is 11. The predicted octanol–water partition coefficient (Wildman–Crippen LogP) is 1.82. The van der Waals surface area contributed by atoms with Crippen LogP contribution in [0.25, 0.3) is 0 Å². The van der Waals surface area contributed by atoms with E-state index in [1.165, 1.54) is 6.92 Å². The number of rotatable bonds is 10. The molecule has 0 N–H and O–H groups in total. The van der Waals surface area contributed by atoms with Gasteiger partial charge in [0.05, 0.1) is 51.4 Å². The van der Waals surface area contributed by atoms with Crippen molar-refractivity contribution in [3.63, 3.8) is 0 Å². The molecule has 0 aromatic carbocycles. The van der Waals surface area contributed by atoms with Crippen LogP contribution in [0, 0.1) is 22.7 Å². The molecule has 0 bridgehead atoms. The number of fused-ring (bicyclic) bond motifs is 1. The maximum atomic E-state index is 12.8. The largest absolute Gasteiger partial charge is 0.474 e. The van der Waals surface area contributed by atoms with Crippen molar-refractivity contribution >= 4 is 13.8 Å². The van der Waals surface area contributed by atoms with Crippen LogP contribution in [0.2, 0.25) is 0 Å². The topological polar surface area (TPSA) is 146 Å². The van der Waals surface area contributed by atoms with Gasteiger partial charge in [0, 0.05) is 6.92 Å². The van der Waals surface area contributed by atoms with Crippen molar-refractivity contribution in [1.82, 2.24) is 0 Å². The number of carbonyl (C=O) groups excluding carboxylic acids is 1. The first-order valence-electron chi connectivity index (χ1n) is 9.12. The maximum Gasteiger partial charge on any atom is 0.474 e. The molecule has 162 valence electrons. The van der Waals surface area contributed by atoms with Gasteiger partial charge in [0.25, 0.3) is 0 Å². The van der Waals surface area contributed by atoms with Gasteiger partial charge in [-0.2, -0.15) is 10.5 Å². The Morgan fingerprint density at radius 2 is 1.79 bits per heavy atom. The number of nitriles is 2. The zero-order chi connectivity index (χ0) is 21.5. The quantitative estimate of drug-likeness (QED) is 0.283.